The molecule has 0 saturated carbocycles. The maximum absolute atomic E-state index is 11.9. The van der Waals surface area contributed by atoms with Gasteiger partial charge in [-0.25, -0.2) is 13.1 Å². The van der Waals surface area contributed by atoms with E-state index in [4.69, 9.17) is 5.11 Å². The lowest BCUT2D eigenvalue weighted by molar-refractivity contribution is -0.137. The molecule has 0 spiro atoms. The summed E-state index contributed by atoms with van der Waals surface area (Å²) < 4.78 is 27.4. The van der Waals surface area contributed by atoms with Gasteiger partial charge in [-0.15, -0.1) is 0 Å². The molecular formula is C10H17N3O4S2. The summed E-state index contributed by atoms with van der Waals surface area (Å²) in [6.45, 7) is 1.93. The van der Waals surface area contributed by atoms with Crippen LogP contribution in [0.15, 0.2) is 17.3 Å². The molecule has 0 aliphatic heterocycles. The molecule has 0 saturated heterocycles. The van der Waals surface area contributed by atoms with Crippen molar-refractivity contribution in [2.75, 3.05) is 18.6 Å². The number of rotatable bonds is 8. The molecule has 0 aliphatic carbocycles. The highest BCUT2D eigenvalue weighted by Crippen LogP contribution is 2.09. The van der Waals surface area contributed by atoms with Gasteiger partial charge in [0, 0.05) is 12.7 Å². The molecule has 9 heteroatoms. The number of aliphatic carboxylic acids is 1. The van der Waals surface area contributed by atoms with Gasteiger partial charge in [0.05, 0.1) is 6.20 Å². The van der Waals surface area contributed by atoms with Crippen molar-refractivity contribution in [1.29, 1.82) is 0 Å². The minimum atomic E-state index is -3.62. The molecule has 7 nitrogen and oxygen atoms in total. The quantitative estimate of drug-likeness (QED) is 0.713. The van der Waals surface area contributed by atoms with Gasteiger partial charge in [-0.3, -0.25) is 9.48 Å². The maximum atomic E-state index is 11.9. The average molecular weight is 307 g/mol. The first-order valence-corrected chi connectivity index (χ1v) is 8.45. The van der Waals surface area contributed by atoms with Crippen LogP contribution in [0.3, 0.4) is 0 Å². The van der Waals surface area contributed by atoms with Crippen molar-refractivity contribution < 1.29 is 18.3 Å². The number of carbonyl (C=O) groups is 1. The predicted molar refractivity (Wildman–Crippen MR) is 72.6 cm³/mol. The summed E-state index contributed by atoms with van der Waals surface area (Å²) in [5.41, 5.74) is 0. The van der Waals surface area contributed by atoms with Crippen LogP contribution < -0.4 is 4.72 Å². The van der Waals surface area contributed by atoms with E-state index < -0.39 is 16.0 Å². The van der Waals surface area contributed by atoms with Crippen molar-refractivity contribution in [2.45, 2.75) is 18.4 Å². The van der Waals surface area contributed by atoms with Crippen molar-refractivity contribution in [1.82, 2.24) is 14.5 Å². The molecule has 108 valence electrons. The van der Waals surface area contributed by atoms with Gasteiger partial charge in [-0.2, -0.15) is 16.9 Å². The molecule has 0 amide bonds. The molecule has 1 rings (SSSR count). The summed E-state index contributed by atoms with van der Waals surface area (Å²) in [6, 6.07) is 0. The minimum Gasteiger partial charge on any atom is -0.480 e. The second-order valence-electron chi connectivity index (χ2n) is 4.18. The van der Waals surface area contributed by atoms with E-state index in [2.05, 4.69) is 9.82 Å². The van der Waals surface area contributed by atoms with Gasteiger partial charge in [-0.1, -0.05) is 6.92 Å². The van der Waals surface area contributed by atoms with E-state index in [0.717, 1.165) is 16.6 Å². The summed E-state index contributed by atoms with van der Waals surface area (Å²) in [7, 11) is -3.62. The average Bonchev–Trinajstić information content (AvgIpc) is 2.75. The zero-order chi connectivity index (χ0) is 14.5. The number of nitrogens with one attached hydrogen (secondary N) is 1. The Labute approximate surface area is 116 Å². The number of carboxylic acids is 1. The lowest BCUT2D eigenvalue weighted by Crippen LogP contribution is -2.29. The first-order valence-electron chi connectivity index (χ1n) is 5.58. The van der Waals surface area contributed by atoms with Crippen LogP contribution in [0.4, 0.5) is 0 Å². The molecular weight excluding hydrogens is 290 g/mol. The van der Waals surface area contributed by atoms with Crippen molar-refractivity contribution in [3.8, 4) is 0 Å². The fraction of sp³-hybridized carbons (Fsp3) is 0.600. The third-order valence-corrected chi connectivity index (χ3v) is 4.57. The Morgan fingerprint density at radius 3 is 2.89 bits per heavy atom. The topological polar surface area (TPSA) is 101 Å². The highest BCUT2D eigenvalue weighted by Gasteiger charge is 2.17. The maximum Gasteiger partial charge on any atom is 0.325 e. The molecule has 0 aromatic carbocycles. The lowest BCUT2D eigenvalue weighted by atomic mass is 10.2. The Kier molecular flexibility index (Phi) is 5.83. The van der Waals surface area contributed by atoms with Crippen molar-refractivity contribution in [3.05, 3.63) is 12.4 Å². The molecule has 0 fully saturated rings. The van der Waals surface area contributed by atoms with E-state index in [1.165, 1.54) is 6.20 Å². The number of nitrogens with zero attached hydrogens (tertiary/aromatic N) is 2. The molecule has 2 N–H and O–H groups in total. The molecule has 19 heavy (non-hydrogen) atoms. The van der Waals surface area contributed by atoms with Crippen LogP contribution in [-0.2, 0) is 21.4 Å². The largest absolute Gasteiger partial charge is 0.480 e. The Balaban J connectivity index is 2.66. The van der Waals surface area contributed by atoms with Crippen LogP contribution in [-0.4, -0.2) is 47.8 Å². The molecule has 1 aromatic rings. The number of hydrogen-bond donors (Lipinski definition) is 2. The third kappa shape index (κ3) is 5.21. The molecule has 0 aliphatic rings. The van der Waals surface area contributed by atoms with Crippen LogP contribution in [0.25, 0.3) is 0 Å². The molecule has 1 atom stereocenters. The Morgan fingerprint density at radius 2 is 2.32 bits per heavy atom. The monoisotopic (exact) mass is 307 g/mol. The SMILES string of the molecule is CSCC(C)CNS(=O)(=O)c1cnn(CC(=O)O)c1. The van der Waals surface area contributed by atoms with Crippen LogP contribution in [0.5, 0.6) is 0 Å². The first kappa shape index (κ1) is 16.0. The van der Waals surface area contributed by atoms with Crippen molar-refractivity contribution in [3.63, 3.8) is 0 Å². The number of sulfonamides is 1. The van der Waals surface area contributed by atoms with E-state index in [1.807, 2.05) is 13.2 Å². The van der Waals surface area contributed by atoms with Gasteiger partial charge in [0.25, 0.3) is 0 Å². The Morgan fingerprint density at radius 1 is 1.63 bits per heavy atom. The van der Waals surface area contributed by atoms with Crippen LogP contribution in [0.1, 0.15) is 6.92 Å². The van der Waals surface area contributed by atoms with Gasteiger partial charge in [-0.05, 0) is 17.9 Å². The zero-order valence-electron chi connectivity index (χ0n) is 10.7. The highest BCUT2D eigenvalue weighted by molar-refractivity contribution is 7.98. The minimum absolute atomic E-state index is 0.0231. The smallest absolute Gasteiger partial charge is 0.325 e. The fourth-order valence-corrected chi connectivity index (χ4v) is 3.19. The van der Waals surface area contributed by atoms with Crippen molar-refractivity contribution in [2.24, 2.45) is 5.92 Å². The van der Waals surface area contributed by atoms with Crippen LogP contribution in [0.2, 0.25) is 0 Å². The van der Waals surface area contributed by atoms with E-state index in [0.29, 0.717) is 6.54 Å². The number of carboxylic acid groups (broad SMARTS) is 1. The summed E-state index contributed by atoms with van der Waals surface area (Å²) in [5, 5.41) is 12.3. The summed E-state index contributed by atoms with van der Waals surface area (Å²) in [4.78, 5) is 10.5. The number of aromatic nitrogens is 2. The molecule has 1 unspecified atom stereocenters. The Bertz CT molecular complexity index is 527. The van der Waals surface area contributed by atoms with Gasteiger partial charge in [0.2, 0.25) is 10.0 Å². The molecule has 0 bridgehead atoms. The highest BCUT2D eigenvalue weighted by atomic mass is 32.2. The lowest BCUT2D eigenvalue weighted by Gasteiger charge is -2.10. The van der Waals surface area contributed by atoms with Gasteiger partial charge < -0.3 is 5.11 Å². The standard InChI is InChI=1S/C10H17N3O4S2/c1-8(7-18-2)3-12-19(16,17)9-4-11-13(5-9)6-10(14)15/h4-5,8,12H,3,6-7H2,1-2H3,(H,14,15). The third-order valence-electron chi connectivity index (χ3n) is 2.29. The van der Waals surface area contributed by atoms with Gasteiger partial charge in [0.15, 0.2) is 0 Å². The summed E-state index contributed by atoms with van der Waals surface area (Å²) >= 11 is 1.65. The summed E-state index contributed by atoms with van der Waals surface area (Å²) in [6.07, 6.45) is 4.31. The van der Waals surface area contributed by atoms with Crippen LogP contribution in [0, 0.1) is 5.92 Å². The number of hydrogen-bond acceptors (Lipinski definition) is 5. The molecule has 1 aromatic heterocycles. The van der Waals surface area contributed by atoms with Gasteiger partial charge in [0.1, 0.15) is 11.4 Å². The zero-order valence-corrected chi connectivity index (χ0v) is 12.4. The van der Waals surface area contributed by atoms with E-state index in [-0.39, 0.29) is 17.4 Å². The fourth-order valence-electron chi connectivity index (χ4n) is 1.39. The van der Waals surface area contributed by atoms with E-state index in [1.54, 1.807) is 11.8 Å². The van der Waals surface area contributed by atoms with Crippen LogP contribution >= 0.6 is 11.8 Å². The molecule has 1 heterocycles. The predicted octanol–water partition coefficient (Wildman–Crippen LogP) is 0.245. The van der Waals surface area contributed by atoms with E-state index in [9.17, 15) is 13.2 Å². The second kappa shape index (κ2) is 6.92. The summed E-state index contributed by atoms with van der Waals surface area (Å²) in [5.74, 6) is 0.00768. The second-order valence-corrected chi connectivity index (χ2v) is 6.86. The van der Waals surface area contributed by atoms with Crippen molar-refractivity contribution >= 4 is 27.8 Å². The van der Waals surface area contributed by atoms with E-state index >= 15 is 0 Å². The van der Waals surface area contributed by atoms with Gasteiger partial charge >= 0.3 is 5.97 Å². The number of thioether (sulfide) groups is 1. The first-order chi connectivity index (χ1) is 8.85. The normalized spacial score (nSPS) is 13.4. The molecule has 0 radical (unpaired) electrons. The Hall–Kier alpha value is -1.06.